The number of halogens is 1. The third-order valence-electron chi connectivity index (χ3n) is 5.92. The van der Waals surface area contributed by atoms with Crippen molar-refractivity contribution in [2.24, 2.45) is 0 Å². The van der Waals surface area contributed by atoms with Gasteiger partial charge in [0.25, 0.3) is 5.91 Å². The summed E-state index contributed by atoms with van der Waals surface area (Å²) in [6.07, 6.45) is 3.43. The molecule has 0 bridgehead atoms. The summed E-state index contributed by atoms with van der Waals surface area (Å²) in [5, 5.41) is 12.1. The van der Waals surface area contributed by atoms with Crippen molar-refractivity contribution in [1.82, 2.24) is 10.2 Å². The summed E-state index contributed by atoms with van der Waals surface area (Å²) in [7, 11) is 0. The van der Waals surface area contributed by atoms with E-state index in [1.807, 2.05) is 24.3 Å². The number of rotatable bonds is 4. The molecule has 0 spiro atoms. The zero-order chi connectivity index (χ0) is 20.1. The molecule has 2 N–H and O–H groups in total. The summed E-state index contributed by atoms with van der Waals surface area (Å²) in [5.74, 6) is -1.03. The van der Waals surface area contributed by atoms with E-state index in [2.05, 4.69) is 21.2 Å². The number of aliphatic carboxylic acids is 1. The maximum absolute atomic E-state index is 13.3. The Labute approximate surface area is 175 Å². The number of carbonyl (C=O) groups is 3. The minimum absolute atomic E-state index is 0.0572. The Balaban J connectivity index is 1.57. The number of thioether (sulfide) groups is 1. The third-order valence-corrected chi connectivity index (χ3v) is 7.83. The zero-order valence-electron chi connectivity index (χ0n) is 15.4. The fraction of sp³-hybridized carbons (Fsp3) is 0.450. The molecular formula is C20H21BrN2O4S. The van der Waals surface area contributed by atoms with Gasteiger partial charge in [0.05, 0.1) is 5.41 Å². The second kappa shape index (κ2) is 7.22. The summed E-state index contributed by atoms with van der Waals surface area (Å²) < 4.78 is 0.921. The summed E-state index contributed by atoms with van der Waals surface area (Å²) >= 11 is 4.98. The van der Waals surface area contributed by atoms with Gasteiger partial charge in [0.15, 0.2) is 0 Å². The van der Waals surface area contributed by atoms with E-state index in [4.69, 9.17) is 0 Å². The minimum atomic E-state index is -1.10. The first-order valence-corrected chi connectivity index (χ1v) is 11.1. The van der Waals surface area contributed by atoms with Gasteiger partial charge < -0.3 is 10.4 Å². The van der Waals surface area contributed by atoms with Gasteiger partial charge >= 0.3 is 5.97 Å². The number of nitrogens with zero attached hydrogens (tertiary/aromatic N) is 1. The van der Waals surface area contributed by atoms with Crippen LogP contribution in [0.4, 0.5) is 0 Å². The predicted octanol–water partition coefficient (Wildman–Crippen LogP) is 3.02. The van der Waals surface area contributed by atoms with E-state index in [0.29, 0.717) is 11.3 Å². The van der Waals surface area contributed by atoms with Crippen molar-refractivity contribution in [3.05, 3.63) is 45.6 Å². The lowest BCUT2D eigenvalue weighted by atomic mass is 9.77. The second-order valence-electron chi connectivity index (χ2n) is 7.59. The molecule has 2 aliphatic heterocycles. The van der Waals surface area contributed by atoms with Crippen LogP contribution in [0.15, 0.2) is 40.0 Å². The highest BCUT2D eigenvalue weighted by Crippen LogP contribution is 2.44. The number of benzene rings is 1. The fourth-order valence-electron chi connectivity index (χ4n) is 4.47. The van der Waals surface area contributed by atoms with Gasteiger partial charge in [0.1, 0.15) is 17.1 Å². The van der Waals surface area contributed by atoms with Crippen molar-refractivity contribution in [2.45, 2.75) is 49.4 Å². The van der Waals surface area contributed by atoms with E-state index in [1.54, 1.807) is 6.92 Å². The standard InChI is InChI=1S/C20H21BrN2O4S/c1-11-10-28-17-14(16(24)23(17)15(11)18(25)26)22-19(27)20(7-2-3-8-20)12-5-4-6-13(21)9-12/h4-6,9,14,17H,2-3,7-8,10H2,1H3,(H,22,27)(H,25,26). The molecule has 1 aromatic rings. The Morgan fingerprint density at radius 1 is 1.32 bits per heavy atom. The summed E-state index contributed by atoms with van der Waals surface area (Å²) in [6.45, 7) is 1.73. The van der Waals surface area contributed by atoms with Gasteiger partial charge in [-0.05, 0) is 43.0 Å². The molecule has 148 valence electrons. The van der Waals surface area contributed by atoms with Crippen molar-refractivity contribution >= 4 is 45.5 Å². The van der Waals surface area contributed by atoms with E-state index < -0.39 is 17.4 Å². The molecule has 1 saturated carbocycles. The molecule has 28 heavy (non-hydrogen) atoms. The molecule has 3 aliphatic rings. The molecule has 2 atom stereocenters. The molecule has 8 heteroatoms. The van der Waals surface area contributed by atoms with E-state index in [0.717, 1.165) is 35.7 Å². The zero-order valence-corrected chi connectivity index (χ0v) is 17.8. The number of carbonyl (C=O) groups excluding carboxylic acids is 2. The molecule has 2 fully saturated rings. The van der Waals surface area contributed by atoms with Gasteiger partial charge in [-0.15, -0.1) is 11.8 Å². The molecule has 2 heterocycles. The van der Waals surface area contributed by atoms with Crippen LogP contribution in [0.2, 0.25) is 0 Å². The smallest absolute Gasteiger partial charge is 0.352 e. The topological polar surface area (TPSA) is 86.7 Å². The molecule has 6 nitrogen and oxygen atoms in total. The number of hydrogen-bond acceptors (Lipinski definition) is 4. The number of fused-ring (bicyclic) bond motifs is 1. The lowest BCUT2D eigenvalue weighted by molar-refractivity contribution is -0.151. The molecule has 0 aromatic heterocycles. The van der Waals surface area contributed by atoms with E-state index >= 15 is 0 Å². The lowest BCUT2D eigenvalue weighted by Crippen LogP contribution is -2.71. The highest BCUT2D eigenvalue weighted by Gasteiger charge is 2.55. The predicted molar refractivity (Wildman–Crippen MR) is 110 cm³/mol. The average molecular weight is 465 g/mol. The van der Waals surface area contributed by atoms with Gasteiger partial charge in [0, 0.05) is 10.2 Å². The number of hydrogen-bond donors (Lipinski definition) is 2. The van der Waals surface area contributed by atoms with Gasteiger partial charge in [-0.2, -0.15) is 0 Å². The van der Waals surface area contributed by atoms with Crippen LogP contribution in [0, 0.1) is 0 Å². The number of carboxylic acid groups (broad SMARTS) is 1. The van der Waals surface area contributed by atoms with E-state index in [1.165, 1.54) is 16.7 Å². The van der Waals surface area contributed by atoms with Gasteiger partial charge in [-0.25, -0.2) is 4.79 Å². The normalized spacial score (nSPS) is 25.9. The Morgan fingerprint density at radius 2 is 2.04 bits per heavy atom. The maximum atomic E-state index is 13.3. The number of carboxylic acids is 1. The fourth-order valence-corrected chi connectivity index (χ4v) is 6.16. The van der Waals surface area contributed by atoms with Crippen molar-refractivity contribution in [3.8, 4) is 0 Å². The van der Waals surface area contributed by atoms with Crippen LogP contribution in [0.1, 0.15) is 38.2 Å². The van der Waals surface area contributed by atoms with Crippen molar-refractivity contribution in [2.75, 3.05) is 5.75 Å². The average Bonchev–Trinajstić information content (AvgIpc) is 3.16. The van der Waals surface area contributed by atoms with Crippen LogP contribution in [0.25, 0.3) is 0 Å². The van der Waals surface area contributed by atoms with Crippen LogP contribution >= 0.6 is 27.7 Å². The first kappa shape index (κ1) is 19.5. The maximum Gasteiger partial charge on any atom is 0.352 e. The molecule has 1 aromatic carbocycles. The Hall–Kier alpha value is -1.80. The van der Waals surface area contributed by atoms with Crippen LogP contribution in [0.3, 0.4) is 0 Å². The van der Waals surface area contributed by atoms with Crippen molar-refractivity contribution in [3.63, 3.8) is 0 Å². The number of nitrogens with one attached hydrogen (secondary N) is 1. The third kappa shape index (κ3) is 2.97. The highest BCUT2D eigenvalue weighted by molar-refractivity contribution is 9.10. The Morgan fingerprint density at radius 3 is 2.68 bits per heavy atom. The van der Waals surface area contributed by atoms with Crippen molar-refractivity contribution in [1.29, 1.82) is 0 Å². The van der Waals surface area contributed by atoms with Crippen LogP contribution < -0.4 is 5.32 Å². The van der Waals surface area contributed by atoms with Gasteiger partial charge in [0.2, 0.25) is 5.91 Å². The summed E-state index contributed by atoms with van der Waals surface area (Å²) in [4.78, 5) is 38.9. The molecule has 0 radical (unpaired) electrons. The minimum Gasteiger partial charge on any atom is -0.477 e. The molecule has 2 amide bonds. The lowest BCUT2D eigenvalue weighted by Gasteiger charge is -2.50. The second-order valence-corrected chi connectivity index (χ2v) is 9.62. The molecule has 4 rings (SSSR count). The molecular weight excluding hydrogens is 444 g/mol. The highest BCUT2D eigenvalue weighted by atomic mass is 79.9. The first-order valence-electron chi connectivity index (χ1n) is 9.30. The number of amides is 2. The summed E-state index contributed by atoms with van der Waals surface area (Å²) in [6, 6.07) is 7.12. The van der Waals surface area contributed by atoms with Crippen LogP contribution in [-0.4, -0.2) is 45.0 Å². The Bertz CT molecular complexity index is 894. The van der Waals surface area contributed by atoms with Gasteiger partial charge in [-0.1, -0.05) is 40.9 Å². The van der Waals surface area contributed by atoms with E-state index in [9.17, 15) is 19.5 Å². The largest absolute Gasteiger partial charge is 0.477 e. The van der Waals surface area contributed by atoms with Crippen LogP contribution in [-0.2, 0) is 19.8 Å². The van der Waals surface area contributed by atoms with E-state index in [-0.39, 0.29) is 22.9 Å². The molecule has 2 unspecified atom stereocenters. The van der Waals surface area contributed by atoms with Crippen molar-refractivity contribution < 1.29 is 19.5 Å². The quantitative estimate of drug-likeness (QED) is 0.668. The monoisotopic (exact) mass is 464 g/mol. The molecule has 1 aliphatic carbocycles. The van der Waals surface area contributed by atoms with Crippen LogP contribution in [0.5, 0.6) is 0 Å². The first-order chi connectivity index (χ1) is 13.3. The van der Waals surface area contributed by atoms with Gasteiger partial charge in [-0.3, -0.25) is 14.5 Å². The summed E-state index contributed by atoms with van der Waals surface area (Å²) in [5.41, 5.74) is 1.06. The number of β-lactam (4-membered cyclic amide) rings is 1. The Kier molecular flexibility index (Phi) is 5.03. The molecule has 1 saturated heterocycles. The SMILES string of the molecule is CC1=C(C(=O)O)N2C(=O)C(NC(=O)C3(c4cccc(Br)c4)CCCC3)C2SC1.